The van der Waals surface area contributed by atoms with E-state index in [0.717, 1.165) is 18.6 Å². The van der Waals surface area contributed by atoms with E-state index in [1.807, 2.05) is 0 Å². The van der Waals surface area contributed by atoms with Crippen LogP contribution in [0.5, 0.6) is 5.75 Å². The molecular formula is C21H27NO. The summed E-state index contributed by atoms with van der Waals surface area (Å²) < 4.78 is 5.22. The molecule has 1 aliphatic rings. The highest BCUT2D eigenvalue weighted by Crippen LogP contribution is 2.20. The van der Waals surface area contributed by atoms with E-state index in [-0.39, 0.29) is 0 Å². The van der Waals surface area contributed by atoms with Crippen molar-refractivity contribution < 1.29 is 4.74 Å². The summed E-state index contributed by atoms with van der Waals surface area (Å²) in [6.45, 7) is 0. The maximum atomic E-state index is 5.22. The van der Waals surface area contributed by atoms with Crippen molar-refractivity contribution in [1.82, 2.24) is 5.32 Å². The molecule has 2 unspecified atom stereocenters. The molecule has 0 saturated carbocycles. The van der Waals surface area contributed by atoms with Gasteiger partial charge >= 0.3 is 0 Å². The van der Waals surface area contributed by atoms with E-state index in [4.69, 9.17) is 4.74 Å². The summed E-state index contributed by atoms with van der Waals surface area (Å²) in [7, 11) is 1.72. The summed E-state index contributed by atoms with van der Waals surface area (Å²) >= 11 is 0. The summed E-state index contributed by atoms with van der Waals surface area (Å²) in [5, 5.41) is 3.87. The second-order valence-corrected chi connectivity index (χ2v) is 6.57. The first-order valence-electron chi connectivity index (χ1n) is 8.76. The maximum absolute atomic E-state index is 5.22. The summed E-state index contributed by atoms with van der Waals surface area (Å²) in [6.07, 6.45) is 7.46. The molecule has 1 saturated heterocycles. The summed E-state index contributed by atoms with van der Waals surface area (Å²) in [6, 6.07) is 20.6. The Morgan fingerprint density at radius 2 is 1.65 bits per heavy atom. The van der Waals surface area contributed by atoms with E-state index in [1.54, 1.807) is 7.11 Å². The fourth-order valence-corrected chi connectivity index (χ4v) is 3.53. The minimum Gasteiger partial charge on any atom is -0.497 e. The van der Waals surface area contributed by atoms with Gasteiger partial charge in [-0.05, 0) is 55.4 Å². The molecule has 0 radical (unpaired) electrons. The average molecular weight is 309 g/mol. The highest BCUT2D eigenvalue weighted by atomic mass is 16.5. The fourth-order valence-electron chi connectivity index (χ4n) is 3.53. The standard InChI is InChI=1S/C21H27NO/c1-23-21-14-11-17(12-15-21)10-13-19-8-5-9-20(22-19)16-18-6-3-2-4-7-18/h2-4,6-7,11-12,14-15,19-20,22H,5,8-10,13,16H2,1H3. The molecule has 2 aromatic carbocycles. The van der Waals surface area contributed by atoms with Crippen LogP contribution in [0.15, 0.2) is 54.6 Å². The molecule has 0 spiro atoms. The van der Waals surface area contributed by atoms with Crippen LogP contribution in [-0.4, -0.2) is 19.2 Å². The Morgan fingerprint density at radius 3 is 2.39 bits per heavy atom. The molecule has 0 aromatic heterocycles. The number of hydrogen-bond donors (Lipinski definition) is 1. The monoisotopic (exact) mass is 309 g/mol. The topological polar surface area (TPSA) is 21.3 Å². The zero-order chi connectivity index (χ0) is 15.9. The first kappa shape index (κ1) is 16.1. The van der Waals surface area contributed by atoms with E-state index in [9.17, 15) is 0 Å². The van der Waals surface area contributed by atoms with Crippen molar-refractivity contribution in [2.24, 2.45) is 0 Å². The van der Waals surface area contributed by atoms with Crippen molar-refractivity contribution in [1.29, 1.82) is 0 Å². The lowest BCUT2D eigenvalue weighted by atomic mass is 9.91. The van der Waals surface area contributed by atoms with Crippen LogP contribution in [-0.2, 0) is 12.8 Å². The van der Waals surface area contributed by atoms with E-state index < -0.39 is 0 Å². The van der Waals surface area contributed by atoms with Crippen molar-refractivity contribution in [2.45, 2.75) is 50.6 Å². The lowest BCUT2D eigenvalue weighted by Crippen LogP contribution is -2.43. The van der Waals surface area contributed by atoms with Gasteiger partial charge in [0.1, 0.15) is 5.75 Å². The van der Waals surface area contributed by atoms with Crippen LogP contribution < -0.4 is 10.1 Å². The number of piperidine rings is 1. The van der Waals surface area contributed by atoms with Gasteiger partial charge in [-0.15, -0.1) is 0 Å². The molecule has 1 aliphatic heterocycles. The molecule has 1 N–H and O–H groups in total. The predicted octanol–water partition coefficient (Wildman–Crippen LogP) is 4.38. The lowest BCUT2D eigenvalue weighted by molar-refractivity contribution is 0.306. The third-order valence-corrected chi connectivity index (χ3v) is 4.84. The number of nitrogens with one attached hydrogen (secondary N) is 1. The molecule has 0 bridgehead atoms. The Labute approximate surface area is 139 Å². The van der Waals surface area contributed by atoms with Crippen LogP contribution in [0, 0.1) is 0 Å². The molecule has 23 heavy (non-hydrogen) atoms. The Hall–Kier alpha value is -1.80. The Kier molecular flexibility index (Phi) is 5.71. The summed E-state index contributed by atoms with van der Waals surface area (Å²) in [5.74, 6) is 0.937. The van der Waals surface area contributed by atoms with E-state index in [2.05, 4.69) is 59.9 Å². The predicted molar refractivity (Wildman–Crippen MR) is 96.0 cm³/mol. The van der Waals surface area contributed by atoms with Gasteiger partial charge in [-0.25, -0.2) is 0 Å². The first-order valence-corrected chi connectivity index (χ1v) is 8.76. The maximum Gasteiger partial charge on any atom is 0.118 e. The van der Waals surface area contributed by atoms with Gasteiger partial charge < -0.3 is 10.1 Å². The molecular weight excluding hydrogens is 282 g/mol. The van der Waals surface area contributed by atoms with Gasteiger partial charge in [0, 0.05) is 12.1 Å². The van der Waals surface area contributed by atoms with E-state index in [1.165, 1.54) is 36.8 Å². The third kappa shape index (κ3) is 4.84. The zero-order valence-corrected chi connectivity index (χ0v) is 14.0. The fraction of sp³-hybridized carbons (Fsp3) is 0.429. The van der Waals surface area contributed by atoms with Crippen molar-refractivity contribution in [2.75, 3.05) is 7.11 Å². The van der Waals surface area contributed by atoms with Gasteiger partial charge in [0.05, 0.1) is 7.11 Å². The average Bonchev–Trinajstić information content (AvgIpc) is 2.62. The first-order chi connectivity index (χ1) is 11.3. The van der Waals surface area contributed by atoms with Crippen LogP contribution >= 0.6 is 0 Å². The van der Waals surface area contributed by atoms with Crippen molar-refractivity contribution in [3.05, 3.63) is 65.7 Å². The second kappa shape index (κ2) is 8.16. The Morgan fingerprint density at radius 1 is 0.913 bits per heavy atom. The molecule has 1 fully saturated rings. The minimum atomic E-state index is 0.631. The molecule has 1 heterocycles. The van der Waals surface area contributed by atoms with Gasteiger partial charge in [-0.3, -0.25) is 0 Å². The highest BCUT2D eigenvalue weighted by molar-refractivity contribution is 5.27. The number of ether oxygens (including phenoxy) is 1. The van der Waals surface area contributed by atoms with Crippen LogP contribution in [0.4, 0.5) is 0 Å². The summed E-state index contributed by atoms with van der Waals surface area (Å²) in [4.78, 5) is 0. The van der Waals surface area contributed by atoms with Gasteiger partial charge in [-0.1, -0.05) is 48.9 Å². The van der Waals surface area contributed by atoms with Gasteiger partial charge in [0.25, 0.3) is 0 Å². The smallest absolute Gasteiger partial charge is 0.118 e. The highest BCUT2D eigenvalue weighted by Gasteiger charge is 2.20. The van der Waals surface area contributed by atoms with Gasteiger partial charge in [0.15, 0.2) is 0 Å². The largest absolute Gasteiger partial charge is 0.497 e. The van der Waals surface area contributed by atoms with Crippen LogP contribution in [0.1, 0.15) is 36.8 Å². The van der Waals surface area contributed by atoms with Gasteiger partial charge in [0.2, 0.25) is 0 Å². The molecule has 0 aliphatic carbocycles. The molecule has 2 aromatic rings. The SMILES string of the molecule is COc1ccc(CCC2CCCC(Cc3ccccc3)N2)cc1. The van der Waals surface area contributed by atoms with E-state index in [0.29, 0.717) is 12.1 Å². The van der Waals surface area contributed by atoms with Crippen LogP contribution in [0.2, 0.25) is 0 Å². The Balaban J connectivity index is 1.48. The Bertz CT molecular complexity index is 579. The van der Waals surface area contributed by atoms with Crippen molar-refractivity contribution in [3.8, 4) is 5.75 Å². The second-order valence-electron chi connectivity index (χ2n) is 6.57. The number of methoxy groups -OCH3 is 1. The molecule has 2 atom stereocenters. The minimum absolute atomic E-state index is 0.631. The normalized spacial score (nSPS) is 21.1. The third-order valence-electron chi connectivity index (χ3n) is 4.84. The number of aryl methyl sites for hydroxylation is 1. The molecule has 2 heteroatoms. The number of hydrogen-bond acceptors (Lipinski definition) is 2. The lowest BCUT2D eigenvalue weighted by Gasteiger charge is -2.31. The molecule has 2 nitrogen and oxygen atoms in total. The molecule has 122 valence electrons. The number of rotatable bonds is 6. The summed E-state index contributed by atoms with van der Waals surface area (Å²) in [5.41, 5.74) is 2.85. The molecule has 0 amide bonds. The van der Waals surface area contributed by atoms with E-state index >= 15 is 0 Å². The number of benzene rings is 2. The van der Waals surface area contributed by atoms with Crippen LogP contribution in [0.25, 0.3) is 0 Å². The molecule has 3 rings (SSSR count). The zero-order valence-electron chi connectivity index (χ0n) is 14.0. The van der Waals surface area contributed by atoms with Gasteiger partial charge in [-0.2, -0.15) is 0 Å². The van der Waals surface area contributed by atoms with Crippen molar-refractivity contribution in [3.63, 3.8) is 0 Å². The quantitative estimate of drug-likeness (QED) is 0.855. The van der Waals surface area contributed by atoms with Crippen LogP contribution in [0.3, 0.4) is 0 Å². The van der Waals surface area contributed by atoms with Crippen molar-refractivity contribution >= 4 is 0 Å².